The molecule has 9 nitrogen and oxygen atoms in total. The predicted molar refractivity (Wildman–Crippen MR) is 188 cm³/mol. The van der Waals surface area contributed by atoms with Crippen LogP contribution in [0.15, 0.2) is 73.1 Å². The summed E-state index contributed by atoms with van der Waals surface area (Å²) in [4.78, 5) is 50.4. The van der Waals surface area contributed by atoms with Crippen LogP contribution in [0.4, 0.5) is 0 Å². The van der Waals surface area contributed by atoms with Crippen molar-refractivity contribution in [2.24, 2.45) is 11.3 Å². The summed E-state index contributed by atoms with van der Waals surface area (Å²) >= 11 is 1.41. The molecule has 10 heteroatoms. The van der Waals surface area contributed by atoms with Crippen LogP contribution in [0.5, 0.6) is 5.75 Å². The molecule has 48 heavy (non-hydrogen) atoms. The van der Waals surface area contributed by atoms with E-state index in [-0.39, 0.29) is 42.2 Å². The Hall–Kier alpha value is -4.57. The Morgan fingerprint density at radius 1 is 0.896 bits per heavy atom. The van der Waals surface area contributed by atoms with Gasteiger partial charge in [-0.3, -0.25) is 14.4 Å². The largest absolute Gasteiger partial charge is 0.494 e. The van der Waals surface area contributed by atoms with E-state index in [2.05, 4.69) is 56.8 Å². The molecule has 1 fully saturated rings. The molecule has 0 radical (unpaired) electrons. The lowest BCUT2D eigenvalue weighted by Gasteiger charge is -2.38. The number of aliphatic carboxylic acids is 1. The van der Waals surface area contributed by atoms with E-state index < -0.39 is 17.9 Å². The zero-order valence-corrected chi connectivity index (χ0v) is 29.3. The van der Waals surface area contributed by atoms with Gasteiger partial charge < -0.3 is 20.1 Å². The highest BCUT2D eigenvalue weighted by atomic mass is 32.1. The van der Waals surface area contributed by atoms with Crippen molar-refractivity contribution in [3.05, 3.63) is 88.4 Å². The number of carbonyl (C=O) groups excluding carboxylic acids is 2. The van der Waals surface area contributed by atoms with Crippen molar-refractivity contribution in [1.29, 1.82) is 0 Å². The van der Waals surface area contributed by atoms with Gasteiger partial charge in [0.05, 0.1) is 17.4 Å². The minimum Gasteiger partial charge on any atom is -0.494 e. The molecular formula is C38H44N4O5S. The van der Waals surface area contributed by atoms with Crippen LogP contribution in [-0.4, -0.2) is 63.5 Å². The molecule has 5 rings (SSSR count). The van der Waals surface area contributed by atoms with Gasteiger partial charge in [-0.2, -0.15) is 0 Å². The maximum Gasteiger partial charge on any atom is 0.310 e. The fourth-order valence-corrected chi connectivity index (χ4v) is 6.16. The number of benzene rings is 2. The number of ether oxygens (including phenoxy) is 1. The first-order valence-corrected chi connectivity index (χ1v) is 17.1. The highest BCUT2D eigenvalue weighted by Gasteiger charge is 2.39. The van der Waals surface area contributed by atoms with E-state index in [9.17, 15) is 19.5 Å². The molecule has 1 saturated heterocycles. The van der Waals surface area contributed by atoms with Gasteiger partial charge in [-0.05, 0) is 52.6 Å². The zero-order chi connectivity index (χ0) is 34.6. The predicted octanol–water partition coefficient (Wildman–Crippen LogP) is 6.87. The number of amides is 2. The molecule has 3 heterocycles. The summed E-state index contributed by atoms with van der Waals surface area (Å²) in [5.41, 5.74) is 3.68. The number of likely N-dealkylation sites (tertiary alicyclic amines) is 1. The molecular weight excluding hydrogens is 625 g/mol. The molecule has 0 unspecified atom stereocenters. The van der Waals surface area contributed by atoms with Gasteiger partial charge in [0.2, 0.25) is 5.91 Å². The molecule has 0 bridgehead atoms. The molecule has 4 aromatic rings. The average molecular weight is 669 g/mol. The Morgan fingerprint density at radius 2 is 1.52 bits per heavy atom. The number of carbonyl (C=O) groups is 3. The van der Waals surface area contributed by atoms with E-state index in [1.54, 1.807) is 18.5 Å². The summed E-state index contributed by atoms with van der Waals surface area (Å²) in [6.07, 6.45) is 4.82. The highest BCUT2D eigenvalue weighted by Crippen LogP contribution is 2.30. The second-order valence-corrected chi connectivity index (χ2v) is 15.7. The minimum absolute atomic E-state index is 0.0969. The van der Waals surface area contributed by atoms with Crippen LogP contribution < -0.4 is 10.1 Å². The fourth-order valence-electron chi connectivity index (χ4n) is 5.20. The van der Waals surface area contributed by atoms with Gasteiger partial charge in [-0.15, -0.1) is 11.3 Å². The third-order valence-corrected chi connectivity index (χ3v) is 9.84. The lowest BCUT2D eigenvalue weighted by molar-refractivity contribution is -0.153. The Balaban J connectivity index is 1.24. The summed E-state index contributed by atoms with van der Waals surface area (Å²) in [5, 5.41) is 12.2. The first-order valence-electron chi connectivity index (χ1n) is 16.2. The van der Waals surface area contributed by atoms with Crippen LogP contribution in [-0.2, 0) is 21.4 Å². The number of nitrogens with zero attached hydrogens (tertiary/aromatic N) is 3. The van der Waals surface area contributed by atoms with Crippen molar-refractivity contribution in [1.82, 2.24) is 20.2 Å². The molecule has 2 N–H and O–H groups in total. The first-order chi connectivity index (χ1) is 22.7. The third kappa shape index (κ3) is 8.86. The van der Waals surface area contributed by atoms with Crippen molar-refractivity contribution < 1.29 is 24.2 Å². The molecule has 1 aliphatic rings. The van der Waals surface area contributed by atoms with Gasteiger partial charge in [0.1, 0.15) is 11.8 Å². The molecule has 2 amide bonds. The van der Waals surface area contributed by atoms with Gasteiger partial charge in [-0.25, -0.2) is 9.97 Å². The van der Waals surface area contributed by atoms with E-state index in [0.29, 0.717) is 17.3 Å². The number of carboxylic acids is 1. The summed E-state index contributed by atoms with van der Waals surface area (Å²) < 4.78 is 5.89. The van der Waals surface area contributed by atoms with E-state index in [1.165, 1.54) is 16.2 Å². The highest BCUT2D eigenvalue weighted by molar-refractivity contribution is 7.14. The van der Waals surface area contributed by atoms with Crippen molar-refractivity contribution in [3.8, 4) is 28.3 Å². The van der Waals surface area contributed by atoms with E-state index in [1.807, 2.05) is 54.6 Å². The number of hydrogen-bond donors (Lipinski definition) is 2. The molecule has 252 valence electrons. The van der Waals surface area contributed by atoms with Gasteiger partial charge in [0.25, 0.3) is 5.91 Å². The van der Waals surface area contributed by atoms with Gasteiger partial charge in [0, 0.05) is 47.9 Å². The Bertz CT molecular complexity index is 1730. The Morgan fingerprint density at radius 3 is 2.08 bits per heavy atom. The Labute approximate surface area is 286 Å². The summed E-state index contributed by atoms with van der Waals surface area (Å²) in [5.74, 6) is -0.716. The van der Waals surface area contributed by atoms with Gasteiger partial charge in [-0.1, -0.05) is 77.9 Å². The van der Waals surface area contributed by atoms with E-state index in [0.717, 1.165) is 39.3 Å². The summed E-state index contributed by atoms with van der Waals surface area (Å²) in [6, 6.07) is 18.4. The van der Waals surface area contributed by atoms with Gasteiger partial charge in [0.15, 0.2) is 5.82 Å². The van der Waals surface area contributed by atoms with Crippen molar-refractivity contribution >= 4 is 29.1 Å². The van der Waals surface area contributed by atoms with E-state index >= 15 is 0 Å². The number of hydrogen-bond acceptors (Lipinski definition) is 7. The maximum atomic E-state index is 13.5. The van der Waals surface area contributed by atoms with Crippen LogP contribution in [0.3, 0.4) is 0 Å². The van der Waals surface area contributed by atoms with Crippen LogP contribution in [0.25, 0.3) is 22.5 Å². The molecule has 2 aromatic heterocycles. The molecule has 0 spiro atoms. The van der Waals surface area contributed by atoms with Crippen molar-refractivity contribution in [3.63, 3.8) is 0 Å². The number of thiophene rings is 1. The standard InChI is InChI=1S/C38H44N4O5S/c1-37(2,3)17-18-47-29-13-11-25(12-14-29)27-20-39-33(40-21-27)26-9-7-24(8-10-26)19-30(35(44)42-22-28(23-42)36(45)46)41-34(43)31-15-16-32(48-31)38(4,5)6/h7-16,20-21,28,30H,17-19,22-23H2,1-6H3,(H,41,43)(H,45,46)/t30-/m0/s1. The van der Waals surface area contributed by atoms with Crippen LogP contribution >= 0.6 is 11.3 Å². The van der Waals surface area contributed by atoms with Crippen molar-refractivity contribution in [2.45, 2.75) is 65.8 Å². The molecule has 2 aromatic carbocycles. The van der Waals surface area contributed by atoms with Gasteiger partial charge >= 0.3 is 5.97 Å². The fraction of sp³-hybridized carbons (Fsp3) is 0.395. The quantitative estimate of drug-likeness (QED) is 0.179. The smallest absolute Gasteiger partial charge is 0.310 e. The topological polar surface area (TPSA) is 122 Å². The number of carboxylic acid groups (broad SMARTS) is 1. The average Bonchev–Trinajstić information content (AvgIpc) is 3.52. The zero-order valence-electron chi connectivity index (χ0n) is 28.4. The second-order valence-electron chi connectivity index (χ2n) is 14.6. The van der Waals surface area contributed by atoms with Crippen LogP contribution in [0.2, 0.25) is 0 Å². The van der Waals surface area contributed by atoms with E-state index in [4.69, 9.17) is 4.74 Å². The van der Waals surface area contributed by atoms with Crippen LogP contribution in [0, 0.1) is 11.3 Å². The molecule has 1 atom stereocenters. The lowest BCUT2D eigenvalue weighted by atomic mass is 9.93. The lowest BCUT2D eigenvalue weighted by Crippen LogP contribution is -2.59. The summed E-state index contributed by atoms with van der Waals surface area (Å²) in [7, 11) is 0. The minimum atomic E-state index is -0.923. The second kappa shape index (κ2) is 14.3. The first kappa shape index (κ1) is 34.8. The monoisotopic (exact) mass is 668 g/mol. The Kier molecular flexibility index (Phi) is 10.3. The molecule has 1 aliphatic heterocycles. The normalized spacial score (nSPS) is 14.2. The van der Waals surface area contributed by atoms with Crippen LogP contribution in [0.1, 0.15) is 68.1 Å². The SMILES string of the molecule is CC(C)(C)CCOc1ccc(-c2cnc(-c3ccc(C[C@H](NC(=O)c4ccc(C(C)(C)C)s4)C(=O)N4CC(C(=O)O)C4)cc3)nc2)cc1. The maximum absolute atomic E-state index is 13.5. The number of rotatable bonds is 11. The summed E-state index contributed by atoms with van der Waals surface area (Å²) in [6.45, 7) is 13.8. The molecule has 0 aliphatic carbocycles. The number of aromatic nitrogens is 2. The number of nitrogens with one attached hydrogen (secondary N) is 1. The van der Waals surface area contributed by atoms with Crippen molar-refractivity contribution in [2.75, 3.05) is 19.7 Å². The third-order valence-electron chi connectivity index (χ3n) is 8.33. The molecule has 0 saturated carbocycles.